The number of anilines is 2. The van der Waals surface area contributed by atoms with Crippen molar-refractivity contribution < 1.29 is 16.8 Å². The highest BCUT2D eigenvalue weighted by molar-refractivity contribution is 7.94. The van der Waals surface area contributed by atoms with Crippen molar-refractivity contribution in [1.29, 1.82) is 0 Å². The fourth-order valence-corrected chi connectivity index (χ4v) is 6.02. The van der Waals surface area contributed by atoms with Crippen LogP contribution in [0.25, 0.3) is 0 Å². The summed E-state index contributed by atoms with van der Waals surface area (Å²) in [6.07, 6.45) is 0. The lowest BCUT2D eigenvalue weighted by Crippen LogP contribution is -2.17. The Morgan fingerprint density at radius 1 is 0.690 bits per heavy atom. The summed E-state index contributed by atoms with van der Waals surface area (Å²) in [6.45, 7) is 0. The molecule has 0 fully saturated rings. The molecule has 0 spiro atoms. The Labute approximate surface area is 191 Å². The van der Waals surface area contributed by atoms with Crippen molar-refractivity contribution in [3.8, 4) is 0 Å². The quantitative estimate of drug-likeness (QED) is 0.410. The van der Waals surface area contributed by atoms with E-state index < -0.39 is 20.0 Å². The van der Waals surface area contributed by atoms with Crippen molar-refractivity contribution in [1.82, 2.24) is 0 Å². The van der Waals surface area contributed by atoms with Gasteiger partial charge in [0.15, 0.2) is 0 Å². The summed E-state index contributed by atoms with van der Waals surface area (Å²) in [5.74, 6) is 0. The molecule has 0 bridgehead atoms. The first kappa shape index (κ1) is 22.5. The van der Waals surface area contributed by atoms with E-state index in [1.54, 1.807) is 11.4 Å². The van der Waals surface area contributed by atoms with Crippen LogP contribution >= 0.6 is 57.7 Å². The maximum atomic E-state index is 12.7. The Bertz CT molecular complexity index is 1280. The molecule has 3 aromatic rings. The van der Waals surface area contributed by atoms with Crippen LogP contribution in [-0.2, 0) is 20.0 Å². The lowest BCUT2D eigenvalue weighted by atomic mass is 10.3. The standard InChI is InChI=1S/C16H10Cl4N2O4S3/c17-10-4-3-9(6-11(10)18)28(23,24)21-14-7-12(19)13(20)8-15(14)22-29(25,26)16-2-1-5-27-16/h1-8,21-22H. The van der Waals surface area contributed by atoms with Gasteiger partial charge in [0, 0.05) is 0 Å². The number of hydrogen-bond donors (Lipinski definition) is 2. The van der Waals surface area contributed by atoms with Crippen LogP contribution < -0.4 is 9.44 Å². The van der Waals surface area contributed by atoms with Crippen LogP contribution in [-0.4, -0.2) is 16.8 Å². The summed E-state index contributed by atoms with van der Waals surface area (Å²) in [5, 5.41) is 1.88. The van der Waals surface area contributed by atoms with Gasteiger partial charge in [0.2, 0.25) is 0 Å². The molecule has 29 heavy (non-hydrogen) atoms. The number of rotatable bonds is 6. The zero-order valence-corrected chi connectivity index (χ0v) is 19.5. The molecule has 0 aliphatic heterocycles. The first-order chi connectivity index (χ1) is 13.5. The SMILES string of the molecule is O=S(=O)(Nc1cc(Cl)c(Cl)cc1NS(=O)(=O)c1cccs1)c1ccc(Cl)c(Cl)c1. The van der Waals surface area contributed by atoms with E-state index in [0.717, 1.165) is 11.3 Å². The fraction of sp³-hybridized carbons (Fsp3) is 0. The third-order valence-electron chi connectivity index (χ3n) is 3.51. The summed E-state index contributed by atoms with van der Waals surface area (Å²) < 4.78 is 55.2. The molecule has 0 aliphatic carbocycles. The van der Waals surface area contributed by atoms with E-state index in [9.17, 15) is 16.8 Å². The van der Waals surface area contributed by atoms with Crippen LogP contribution in [0, 0.1) is 0 Å². The van der Waals surface area contributed by atoms with Crippen LogP contribution in [0.15, 0.2) is 56.9 Å². The normalized spacial score (nSPS) is 12.0. The van der Waals surface area contributed by atoms with E-state index >= 15 is 0 Å². The fourth-order valence-electron chi connectivity index (χ4n) is 2.17. The average Bonchev–Trinajstić information content (AvgIpc) is 3.17. The molecule has 0 amide bonds. The molecule has 1 heterocycles. The molecule has 3 rings (SSSR count). The molecule has 1 aromatic heterocycles. The zero-order chi connectivity index (χ0) is 21.4. The smallest absolute Gasteiger partial charge is 0.271 e. The minimum absolute atomic E-state index is 0.0255. The van der Waals surface area contributed by atoms with Crippen molar-refractivity contribution in [2.75, 3.05) is 9.44 Å². The molecule has 0 unspecified atom stereocenters. The van der Waals surface area contributed by atoms with Crippen LogP contribution in [0.5, 0.6) is 0 Å². The predicted molar refractivity (Wildman–Crippen MR) is 119 cm³/mol. The first-order valence-electron chi connectivity index (χ1n) is 7.53. The van der Waals surface area contributed by atoms with Crippen molar-refractivity contribution in [2.24, 2.45) is 0 Å². The molecular formula is C16H10Cl4N2O4S3. The van der Waals surface area contributed by atoms with Gasteiger partial charge in [-0.25, -0.2) is 16.8 Å². The van der Waals surface area contributed by atoms with Gasteiger partial charge in [0.25, 0.3) is 20.0 Å². The van der Waals surface area contributed by atoms with Crippen molar-refractivity contribution >= 4 is 89.2 Å². The maximum Gasteiger partial charge on any atom is 0.271 e. The van der Waals surface area contributed by atoms with Gasteiger partial charge in [-0.15, -0.1) is 11.3 Å². The van der Waals surface area contributed by atoms with E-state index in [-0.39, 0.29) is 40.6 Å². The van der Waals surface area contributed by atoms with Crippen molar-refractivity contribution in [2.45, 2.75) is 9.10 Å². The van der Waals surface area contributed by atoms with Gasteiger partial charge in [0.05, 0.1) is 36.4 Å². The molecule has 2 aromatic carbocycles. The number of thiophene rings is 1. The number of benzene rings is 2. The molecule has 0 aliphatic rings. The van der Waals surface area contributed by atoms with Gasteiger partial charge in [-0.2, -0.15) is 0 Å². The zero-order valence-electron chi connectivity index (χ0n) is 14.0. The number of nitrogens with one attached hydrogen (secondary N) is 2. The van der Waals surface area contributed by atoms with Crippen LogP contribution in [0.1, 0.15) is 0 Å². The molecule has 0 radical (unpaired) electrons. The van der Waals surface area contributed by atoms with Gasteiger partial charge < -0.3 is 0 Å². The Morgan fingerprint density at radius 3 is 1.76 bits per heavy atom. The highest BCUT2D eigenvalue weighted by Crippen LogP contribution is 2.36. The van der Waals surface area contributed by atoms with Gasteiger partial charge in [-0.3, -0.25) is 9.44 Å². The maximum absolute atomic E-state index is 12.7. The topological polar surface area (TPSA) is 92.3 Å². The van der Waals surface area contributed by atoms with Crippen molar-refractivity contribution in [3.63, 3.8) is 0 Å². The second-order valence-corrected chi connectivity index (χ2v) is 11.7. The minimum Gasteiger partial charge on any atom is -0.277 e. The Balaban J connectivity index is 2.03. The molecule has 2 N–H and O–H groups in total. The lowest BCUT2D eigenvalue weighted by molar-refractivity contribution is 0.599. The second kappa shape index (κ2) is 8.50. The summed E-state index contributed by atoms with van der Waals surface area (Å²) in [4.78, 5) is -0.176. The first-order valence-corrected chi connectivity index (χ1v) is 12.9. The van der Waals surface area contributed by atoms with E-state index in [1.807, 2.05) is 0 Å². The third-order valence-corrected chi connectivity index (χ3v) is 9.10. The van der Waals surface area contributed by atoms with Gasteiger partial charge in [-0.1, -0.05) is 52.5 Å². The Morgan fingerprint density at radius 2 is 1.24 bits per heavy atom. The number of sulfonamides is 2. The summed E-state index contributed by atoms with van der Waals surface area (Å²) in [6, 6.07) is 9.13. The molecule has 0 atom stereocenters. The van der Waals surface area contributed by atoms with Gasteiger partial charge in [0.1, 0.15) is 4.21 Å². The van der Waals surface area contributed by atoms with E-state index in [0.29, 0.717) is 0 Å². The van der Waals surface area contributed by atoms with Gasteiger partial charge in [-0.05, 0) is 41.8 Å². The monoisotopic (exact) mass is 530 g/mol. The van der Waals surface area contributed by atoms with Crippen LogP contribution in [0.4, 0.5) is 11.4 Å². The van der Waals surface area contributed by atoms with E-state index in [2.05, 4.69) is 9.44 Å². The number of halogens is 4. The second-order valence-electron chi connectivity index (χ2n) is 5.53. The molecular weight excluding hydrogens is 522 g/mol. The minimum atomic E-state index is -4.14. The molecule has 154 valence electrons. The van der Waals surface area contributed by atoms with E-state index in [4.69, 9.17) is 46.4 Å². The van der Waals surface area contributed by atoms with Crippen LogP contribution in [0.2, 0.25) is 20.1 Å². The highest BCUT2D eigenvalue weighted by atomic mass is 35.5. The van der Waals surface area contributed by atoms with Gasteiger partial charge >= 0.3 is 0 Å². The molecule has 0 saturated heterocycles. The van der Waals surface area contributed by atoms with E-state index in [1.165, 1.54) is 36.4 Å². The Hall–Kier alpha value is -1.20. The molecule has 13 heteroatoms. The third kappa shape index (κ3) is 5.11. The van der Waals surface area contributed by atoms with Crippen LogP contribution in [0.3, 0.4) is 0 Å². The molecule has 0 saturated carbocycles. The van der Waals surface area contributed by atoms with Crippen molar-refractivity contribution in [3.05, 3.63) is 67.9 Å². The average molecular weight is 532 g/mol. The lowest BCUT2D eigenvalue weighted by Gasteiger charge is -2.15. The summed E-state index contributed by atoms with van der Waals surface area (Å²) in [7, 11) is -8.10. The Kier molecular flexibility index (Phi) is 6.59. The summed E-state index contributed by atoms with van der Waals surface area (Å²) in [5.41, 5.74) is -0.220. The summed E-state index contributed by atoms with van der Waals surface area (Å²) >= 11 is 24.7. The largest absolute Gasteiger partial charge is 0.277 e. The highest BCUT2D eigenvalue weighted by Gasteiger charge is 2.22. The number of hydrogen-bond acceptors (Lipinski definition) is 5. The predicted octanol–water partition coefficient (Wildman–Crippen LogP) is 5.96. The molecule has 6 nitrogen and oxygen atoms in total.